The summed E-state index contributed by atoms with van der Waals surface area (Å²) in [7, 11) is 0. The Morgan fingerprint density at radius 1 is 0.281 bits per heavy atom. The van der Waals surface area contributed by atoms with Crippen LogP contribution in [0.5, 0.6) is 0 Å². The van der Waals surface area contributed by atoms with Gasteiger partial charge in [0, 0.05) is 65.8 Å². The van der Waals surface area contributed by atoms with Gasteiger partial charge in [0.05, 0.1) is 27.9 Å². The molecule has 0 radical (unpaired) electrons. The molecule has 0 aliphatic heterocycles. The van der Waals surface area contributed by atoms with Crippen molar-refractivity contribution >= 4 is 138 Å². The summed E-state index contributed by atoms with van der Waals surface area (Å²) < 4.78 is 15.8. The molecule has 18 rings (SSSR count). The highest BCUT2D eigenvalue weighted by Gasteiger charge is 2.24. The van der Waals surface area contributed by atoms with Crippen LogP contribution in [0, 0.1) is 0 Å². The molecule has 0 spiro atoms. The highest BCUT2D eigenvalue weighted by molar-refractivity contribution is 6.27. The van der Waals surface area contributed by atoms with E-state index in [-0.39, 0.29) is 5.41 Å². The molecule has 89 heavy (non-hydrogen) atoms. The lowest BCUT2D eigenvalue weighted by atomic mass is 9.86. The molecule has 0 N–H and O–H groups in total. The molecule has 0 aliphatic carbocycles. The second-order valence-corrected chi connectivity index (χ2v) is 24.9. The number of anilines is 6. The van der Waals surface area contributed by atoms with Crippen LogP contribution in [0.4, 0.5) is 34.1 Å². The summed E-state index contributed by atoms with van der Waals surface area (Å²) in [5.41, 5.74) is 21.8. The molecule has 18 aromatic rings. The first-order valence-corrected chi connectivity index (χ1v) is 30.7. The first-order chi connectivity index (χ1) is 43.7. The van der Waals surface area contributed by atoms with E-state index >= 15 is 0 Å². The molecule has 5 heteroatoms. The summed E-state index contributed by atoms with van der Waals surface area (Å²) in [6.45, 7) is 6.85. The average molecular weight is 1140 g/mol. The number of rotatable bonds is 9. The zero-order valence-electron chi connectivity index (χ0n) is 49.4. The number of fused-ring (bicyclic) bond motifs is 14. The van der Waals surface area contributed by atoms with Crippen LogP contribution in [0.1, 0.15) is 26.3 Å². The zero-order chi connectivity index (χ0) is 59.1. The summed E-state index contributed by atoms with van der Waals surface area (Å²) in [4.78, 5) is 4.61. The Hall–Kier alpha value is -11.4. The number of furan rings is 2. The van der Waals surface area contributed by atoms with Gasteiger partial charge < -0.3 is 23.0 Å². The number of hydrogen-bond acceptors (Lipinski definition) is 4. The molecule has 0 aliphatic rings. The van der Waals surface area contributed by atoms with Crippen molar-refractivity contribution in [2.24, 2.45) is 0 Å². The molecule has 0 fully saturated rings. The molecule has 0 unspecified atom stereocenters. The second kappa shape index (κ2) is 19.6. The zero-order valence-corrected chi connectivity index (χ0v) is 49.4. The average Bonchev–Trinajstić information content (AvgIpc) is 1.56. The molecule has 0 amide bonds. The number of nitrogens with zero attached hydrogens (tertiary/aromatic N) is 3. The summed E-state index contributed by atoms with van der Waals surface area (Å²) in [5.74, 6) is 0. The van der Waals surface area contributed by atoms with Crippen molar-refractivity contribution in [1.29, 1.82) is 0 Å². The maximum Gasteiger partial charge on any atom is 0.159 e. The molecule has 14 aromatic carbocycles. The summed E-state index contributed by atoms with van der Waals surface area (Å²) in [6, 6.07) is 106. The topological polar surface area (TPSA) is 37.2 Å². The van der Waals surface area contributed by atoms with Crippen molar-refractivity contribution in [3.63, 3.8) is 0 Å². The van der Waals surface area contributed by atoms with Gasteiger partial charge in [-0.05, 0) is 187 Å². The van der Waals surface area contributed by atoms with E-state index in [1.165, 1.54) is 76.3 Å². The van der Waals surface area contributed by atoms with Gasteiger partial charge in [-0.2, -0.15) is 0 Å². The third-order valence-electron chi connectivity index (χ3n) is 18.6. The Balaban J connectivity index is 0.755. The molecule has 420 valence electrons. The van der Waals surface area contributed by atoms with Gasteiger partial charge in [0.25, 0.3) is 0 Å². The van der Waals surface area contributed by atoms with Crippen LogP contribution in [-0.2, 0) is 5.41 Å². The summed E-state index contributed by atoms with van der Waals surface area (Å²) >= 11 is 0. The Kier molecular flexibility index (Phi) is 11.2. The molecule has 0 atom stereocenters. The predicted octanol–water partition coefficient (Wildman–Crippen LogP) is 24.2. The van der Waals surface area contributed by atoms with E-state index in [0.717, 1.165) is 100 Å². The van der Waals surface area contributed by atoms with Crippen LogP contribution in [0.3, 0.4) is 0 Å². The van der Waals surface area contributed by atoms with Crippen LogP contribution in [-0.4, -0.2) is 4.40 Å². The van der Waals surface area contributed by atoms with E-state index in [9.17, 15) is 0 Å². The number of para-hydroxylation sites is 6. The van der Waals surface area contributed by atoms with Crippen molar-refractivity contribution < 1.29 is 8.83 Å². The van der Waals surface area contributed by atoms with Gasteiger partial charge >= 0.3 is 0 Å². The quantitative estimate of drug-likeness (QED) is 0.144. The van der Waals surface area contributed by atoms with Gasteiger partial charge in [0.1, 0.15) is 11.2 Å². The summed E-state index contributed by atoms with van der Waals surface area (Å²) in [6.07, 6.45) is 0. The normalized spacial score (nSPS) is 12.2. The molecular weight excluding hydrogens is 1080 g/mol. The maximum atomic E-state index is 6.61. The SMILES string of the molecule is CC(C)(C)c1ccc(-c2cc3c4cc5ccc(-c6ccc(N(c7ccccc7)c7cccc8c7oc7ccccc78)cc6)cc5cc4n4c5cc6cc(-c7ccc(N(c8ccccc8)c8cccc9c8oc8ccccc89)cc7)ccc6cc5c(c2)c34)cc1. The van der Waals surface area contributed by atoms with E-state index in [0.29, 0.717) is 0 Å². The molecule has 4 aromatic heterocycles. The lowest BCUT2D eigenvalue weighted by Crippen LogP contribution is -2.10. The minimum Gasteiger partial charge on any atom is -0.454 e. The number of aromatic nitrogens is 1. The Labute approximate surface area is 514 Å². The third kappa shape index (κ3) is 8.16. The van der Waals surface area contributed by atoms with Crippen molar-refractivity contribution in [1.82, 2.24) is 4.40 Å². The van der Waals surface area contributed by atoms with E-state index in [1.807, 2.05) is 24.3 Å². The highest BCUT2D eigenvalue weighted by atomic mass is 16.3. The van der Waals surface area contributed by atoms with Crippen LogP contribution in [0.25, 0.3) is 137 Å². The fourth-order valence-corrected chi connectivity index (χ4v) is 14.1. The van der Waals surface area contributed by atoms with Gasteiger partial charge in [0.2, 0.25) is 0 Å². The third-order valence-corrected chi connectivity index (χ3v) is 18.6. The van der Waals surface area contributed by atoms with Gasteiger partial charge in [-0.3, -0.25) is 0 Å². The minimum absolute atomic E-state index is 0.0593. The molecule has 0 bridgehead atoms. The minimum atomic E-state index is 0.0593. The molecular formula is C84H57N3O2. The van der Waals surface area contributed by atoms with E-state index < -0.39 is 0 Å². The van der Waals surface area contributed by atoms with Crippen LogP contribution < -0.4 is 9.80 Å². The number of benzene rings is 14. The van der Waals surface area contributed by atoms with Crippen LogP contribution in [0.2, 0.25) is 0 Å². The van der Waals surface area contributed by atoms with Crippen molar-refractivity contribution in [2.75, 3.05) is 9.80 Å². The lowest BCUT2D eigenvalue weighted by Gasteiger charge is -2.25. The predicted molar refractivity (Wildman–Crippen MR) is 375 cm³/mol. The van der Waals surface area contributed by atoms with Crippen molar-refractivity contribution in [2.45, 2.75) is 26.2 Å². The lowest BCUT2D eigenvalue weighted by molar-refractivity contribution is 0.590. The molecule has 4 heterocycles. The van der Waals surface area contributed by atoms with E-state index in [2.05, 4.69) is 302 Å². The van der Waals surface area contributed by atoms with Crippen LogP contribution in [0.15, 0.2) is 300 Å². The number of hydrogen-bond donors (Lipinski definition) is 0. The van der Waals surface area contributed by atoms with Gasteiger partial charge in [-0.25, -0.2) is 0 Å². The first kappa shape index (κ1) is 50.9. The van der Waals surface area contributed by atoms with E-state index in [4.69, 9.17) is 8.83 Å². The summed E-state index contributed by atoms with van der Waals surface area (Å²) in [5, 5.41) is 14.3. The monoisotopic (exact) mass is 1140 g/mol. The van der Waals surface area contributed by atoms with Crippen molar-refractivity contribution in [3.8, 4) is 33.4 Å². The van der Waals surface area contributed by atoms with E-state index in [1.54, 1.807) is 0 Å². The fourth-order valence-electron chi connectivity index (χ4n) is 14.1. The first-order valence-electron chi connectivity index (χ1n) is 30.7. The largest absolute Gasteiger partial charge is 0.454 e. The van der Waals surface area contributed by atoms with Gasteiger partial charge in [-0.15, -0.1) is 0 Å². The van der Waals surface area contributed by atoms with Crippen molar-refractivity contribution in [3.05, 3.63) is 297 Å². The Morgan fingerprint density at radius 3 is 1.13 bits per heavy atom. The second-order valence-electron chi connectivity index (χ2n) is 24.9. The Morgan fingerprint density at radius 2 is 0.674 bits per heavy atom. The molecule has 5 nitrogen and oxygen atoms in total. The standard InChI is InChI=1S/C84H57N3O2/c1-84(2,3)62-38-32-54(33-39-62)61-48-73-71-46-57-30-28-55(52-34-40-65(41-35-52)85(63-16-6-4-7-17-63)75-24-14-22-69-67-20-10-12-26-79(67)88-82(69)75)44-59(57)50-77(71)87-78-51-60-45-56(29-31-58(60)47-72(78)74(49-61)81(73)87)53-36-42-66(43-37-53)86(64-18-8-5-9-19-64)76-25-15-23-70-68-21-11-13-27-80(68)89-83(70)76/h4-51H,1-3H3. The fraction of sp³-hybridized carbons (Fsp3) is 0.0476. The van der Waals surface area contributed by atoms with Gasteiger partial charge in [0.15, 0.2) is 11.2 Å². The Bertz CT molecular complexity index is 5480. The molecule has 0 saturated heterocycles. The molecule has 0 saturated carbocycles. The smallest absolute Gasteiger partial charge is 0.159 e. The highest BCUT2D eigenvalue weighted by Crippen LogP contribution is 2.48. The van der Waals surface area contributed by atoms with Gasteiger partial charge in [-0.1, -0.05) is 191 Å². The van der Waals surface area contributed by atoms with Crippen LogP contribution >= 0.6 is 0 Å². The maximum absolute atomic E-state index is 6.61.